The fraction of sp³-hybridized carbons (Fsp3) is 0.682. The Bertz CT molecular complexity index is 679. The van der Waals surface area contributed by atoms with Crippen LogP contribution in [0.1, 0.15) is 50.5 Å². The summed E-state index contributed by atoms with van der Waals surface area (Å²) in [6.45, 7) is 1.90. The lowest BCUT2D eigenvalue weighted by Gasteiger charge is -2.45. The van der Waals surface area contributed by atoms with E-state index in [1.807, 2.05) is 17.0 Å². The Balaban J connectivity index is 0.00000240. The molecule has 1 aromatic rings. The molecule has 6 nitrogen and oxygen atoms in total. The normalized spacial score (nSPS) is 29.6. The molecule has 3 N–H and O–H groups in total. The van der Waals surface area contributed by atoms with E-state index in [-0.39, 0.29) is 30.2 Å². The maximum Gasteiger partial charge on any atom is 0.225 e. The second-order valence-corrected chi connectivity index (χ2v) is 8.88. The molecule has 2 heterocycles. The highest BCUT2D eigenvalue weighted by Crippen LogP contribution is 2.42. The highest BCUT2D eigenvalue weighted by molar-refractivity contribution is 5.85. The number of hydrogen-bond donors (Lipinski definition) is 2. The lowest BCUT2D eigenvalue weighted by atomic mass is 9.65. The Hall–Kier alpha value is -1.66. The summed E-state index contributed by atoms with van der Waals surface area (Å²) in [5, 5.41) is 3.01. The number of carbonyl (C=O) groups excluding carboxylic acids is 2. The monoisotopic (exact) mass is 420 g/mol. The van der Waals surface area contributed by atoms with Crippen LogP contribution in [-0.2, 0) is 16.1 Å². The number of pyridine rings is 1. The number of rotatable bonds is 4. The Labute approximate surface area is 179 Å². The van der Waals surface area contributed by atoms with Crippen LogP contribution in [0.2, 0.25) is 0 Å². The number of nitrogens with two attached hydrogens (primary N) is 1. The first-order valence-corrected chi connectivity index (χ1v) is 10.8. The summed E-state index contributed by atoms with van der Waals surface area (Å²) in [5.74, 6) is 1.59. The van der Waals surface area contributed by atoms with Crippen LogP contribution in [0.25, 0.3) is 0 Å². The number of aromatic nitrogens is 1. The van der Waals surface area contributed by atoms with Gasteiger partial charge in [-0.3, -0.25) is 14.6 Å². The van der Waals surface area contributed by atoms with Crippen molar-refractivity contribution in [2.45, 2.75) is 57.5 Å². The number of hydrogen-bond acceptors (Lipinski definition) is 4. The van der Waals surface area contributed by atoms with Crippen LogP contribution >= 0.6 is 12.4 Å². The minimum absolute atomic E-state index is 0. The van der Waals surface area contributed by atoms with Crippen LogP contribution in [0.4, 0.5) is 0 Å². The Morgan fingerprint density at radius 2 is 1.79 bits per heavy atom. The molecule has 2 aliphatic carbocycles. The third kappa shape index (κ3) is 5.10. The molecule has 2 amide bonds. The highest BCUT2D eigenvalue weighted by atomic mass is 35.5. The van der Waals surface area contributed by atoms with E-state index in [0.29, 0.717) is 43.4 Å². The summed E-state index contributed by atoms with van der Waals surface area (Å²) in [7, 11) is 0. The van der Waals surface area contributed by atoms with Crippen molar-refractivity contribution in [2.24, 2.45) is 29.4 Å². The predicted molar refractivity (Wildman–Crippen MR) is 114 cm³/mol. The van der Waals surface area contributed by atoms with Gasteiger partial charge >= 0.3 is 0 Å². The summed E-state index contributed by atoms with van der Waals surface area (Å²) in [6.07, 6.45) is 10.6. The summed E-state index contributed by atoms with van der Waals surface area (Å²) >= 11 is 0. The molecule has 1 aromatic heterocycles. The van der Waals surface area contributed by atoms with Crippen molar-refractivity contribution in [1.29, 1.82) is 0 Å². The van der Waals surface area contributed by atoms with E-state index >= 15 is 0 Å². The number of carbonyl (C=O) groups is 2. The number of piperidine rings is 1. The maximum atomic E-state index is 13.1. The van der Waals surface area contributed by atoms with Gasteiger partial charge in [-0.2, -0.15) is 0 Å². The van der Waals surface area contributed by atoms with E-state index in [1.165, 1.54) is 19.3 Å². The van der Waals surface area contributed by atoms with Crippen molar-refractivity contribution >= 4 is 24.2 Å². The van der Waals surface area contributed by atoms with Crippen LogP contribution in [0, 0.1) is 23.7 Å². The topological polar surface area (TPSA) is 88.3 Å². The SMILES string of the molecule is Cl.NC1C2CCCC1CC(C(=O)N1CCC(C(=O)NCc3cccnc3)CC1)C2. The first-order valence-electron chi connectivity index (χ1n) is 10.8. The van der Waals surface area contributed by atoms with Crippen molar-refractivity contribution in [2.75, 3.05) is 13.1 Å². The molecule has 1 aliphatic heterocycles. The molecule has 0 radical (unpaired) electrons. The van der Waals surface area contributed by atoms with Crippen molar-refractivity contribution in [3.8, 4) is 0 Å². The lowest BCUT2D eigenvalue weighted by molar-refractivity contribution is -0.141. The molecule has 2 bridgehead atoms. The van der Waals surface area contributed by atoms with E-state index < -0.39 is 0 Å². The second-order valence-electron chi connectivity index (χ2n) is 8.88. The van der Waals surface area contributed by atoms with Crippen LogP contribution in [0.15, 0.2) is 24.5 Å². The molecule has 160 valence electrons. The zero-order valence-electron chi connectivity index (χ0n) is 17.0. The van der Waals surface area contributed by atoms with Gasteiger partial charge in [-0.1, -0.05) is 12.5 Å². The molecule has 7 heteroatoms. The zero-order chi connectivity index (χ0) is 19.5. The number of fused-ring (bicyclic) bond motifs is 2. The van der Waals surface area contributed by atoms with Gasteiger partial charge in [-0.15, -0.1) is 12.4 Å². The lowest BCUT2D eigenvalue weighted by Crippen LogP contribution is -2.51. The zero-order valence-corrected chi connectivity index (χ0v) is 17.8. The molecule has 2 unspecified atom stereocenters. The smallest absolute Gasteiger partial charge is 0.225 e. The largest absolute Gasteiger partial charge is 0.352 e. The van der Waals surface area contributed by atoms with Crippen molar-refractivity contribution < 1.29 is 9.59 Å². The Morgan fingerprint density at radius 1 is 1.10 bits per heavy atom. The van der Waals surface area contributed by atoms with Gasteiger partial charge in [0.15, 0.2) is 0 Å². The van der Waals surface area contributed by atoms with Gasteiger partial charge in [-0.05, 0) is 62.0 Å². The van der Waals surface area contributed by atoms with Gasteiger partial charge in [0.25, 0.3) is 0 Å². The van der Waals surface area contributed by atoms with Crippen LogP contribution in [0.5, 0.6) is 0 Å². The van der Waals surface area contributed by atoms with E-state index in [0.717, 1.165) is 31.2 Å². The second kappa shape index (κ2) is 9.90. The third-order valence-electron chi connectivity index (χ3n) is 7.13. The molecule has 2 atom stereocenters. The van der Waals surface area contributed by atoms with Crippen molar-refractivity contribution in [3.63, 3.8) is 0 Å². The number of halogens is 1. The Morgan fingerprint density at radius 3 is 2.41 bits per heavy atom. The average Bonchev–Trinajstić information content (AvgIpc) is 2.72. The summed E-state index contributed by atoms with van der Waals surface area (Å²) in [6, 6.07) is 4.13. The molecular formula is C22H33ClN4O2. The van der Waals surface area contributed by atoms with Crippen molar-refractivity contribution in [1.82, 2.24) is 15.2 Å². The number of nitrogens with zero attached hydrogens (tertiary/aromatic N) is 2. The quantitative estimate of drug-likeness (QED) is 0.783. The Kier molecular flexibility index (Phi) is 7.52. The minimum Gasteiger partial charge on any atom is -0.352 e. The minimum atomic E-state index is -0.000111. The van der Waals surface area contributed by atoms with E-state index in [9.17, 15) is 9.59 Å². The summed E-state index contributed by atoms with van der Waals surface area (Å²) < 4.78 is 0. The number of amides is 2. The maximum absolute atomic E-state index is 13.1. The number of nitrogens with one attached hydrogen (secondary N) is 1. The average molecular weight is 421 g/mol. The molecule has 3 aliphatic rings. The van der Waals surface area contributed by atoms with Gasteiger partial charge in [0.2, 0.25) is 11.8 Å². The molecule has 0 aromatic carbocycles. The van der Waals surface area contributed by atoms with Gasteiger partial charge in [0.05, 0.1) is 0 Å². The summed E-state index contributed by atoms with van der Waals surface area (Å²) in [5.41, 5.74) is 7.38. The fourth-order valence-electron chi connectivity index (χ4n) is 5.45. The van der Waals surface area contributed by atoms with Crippen LogP contribution in [-0.4, -0.2) is 40.8 Å². The molecule has 29 heavy (non-hydrogen) atoms. The van der Waals surface area contributed by atoms with Gasteiger partial charge in [0.1, 0.15) is 0 Å². The van der Waals surface area contributed by atoms with Crippen molar-refractivity contribution in [3.05, 3.63) is 30.1 Å². The standard InChI is InChI=1S/C22H32N4O2.ClH/c23-20-17-4-1-5-18(20)12-19(11-17)22(28)26-9-6-16(7-10-26)21(27)25-14-15-3-2-8-24-13-15;/h2-3,8,13,16-20H,1,4-7,9-12,14,23H2,(H,25,27);1H. The molecular weight excluding hydrogens is 388 g/mol. The summed E-state index contributed by atoms with van der Waals surface area (Å²) in [4.78, 5) is 31.6. The highest BCUT2D eigenvalue weighted by Gasteiger charge is 2.42. The number of likely N-dealkylation sites (tertiary alicyclic amines) is 1. The van der Waals surface area contributed by atoms with E-state index in [4.69, 9.17) is 5.73 Å². The fourth-order valence-corrected chi connectivity index (χ4v) is 5.45. The van der Waals surface area contributed by atoms with E-state index in [1.54, 1.807) is 12.4 Å². The molecule has 0 spiro atoms. The molecule has 1 saturated heterocycles. The van der Waals surface area contributed by atoms with Gasteiger partial charge in [0, 0.05) is 49.9 Å². The predicted octanol–water partition coefficient (Wildman–Crippen LogP) is 2.51. The first-order chi connectivity index (χ1) is 13.6. The molecule has 2 saturated carbocycles. The first kappa shape index (κ1) is 22.0. The van der Waals surface area contributed by atoms with Gasteiger partial charge in [-0.25, -0.2) is 0 Å². The van der Waals surface area contributed by atoms with Gasteiger partial charge < -0.3 is 16.0 Å². The van der Waals surface area contributed by atoms with E-state index in [2.05, 4.69) is 10.3 Å². The molecule has 3 fully saturated rings. The van der Waals surface area contributed by atoms with Crippen LogP contribution in [0.3, 0.4) is 0 Å². The third-order valence-corrected chi connectivity index (χ3v) is 7.13. The van der Waals surface area contributed by atoms with Crippen LogP contribution < -0.4 is 11.1 Å². The molecule has 4 rings (SSSR count).